The van der Waals surface area contributed by atoms with E-state index in [1.807, 2.05) is 87.6 Å². The first-order chi connectivity index (χ1) is 32.3. The predicted molar refractivity (Wildman–Crippen MR) is 255 cm³/mol. The molecule has 2 saturated heterocycles. The standard InChI is InChI=1S/C53H60F2N8O4/c1-7-61(8-2)47(35-14-10-9-11-15-35)51(65)63-27-13-17-45(63)49-58-43(31-60(49)5)34-20-18-33(19-21-34)36-22-24-38-39-25-23-37(29-41(39)53(54,55)40(38)28-36)42-30-56-48(57-42)44-16-12-26-62(44)50(64)46(32(3)4)59-52(66)67-6/h9-11,14-15,18-25,28-32,44-47,49,58H,7-8,12-13,16-17,26-27H2,1-6H3,(H,56,57)(H,59,66)/t44-,45-,46?,47?,49?/m0/s1. The fourth-order valence-corrected chi connectivity index (χ4v) is 10.7. The van der Waals surface area contributed by atoms with Gasteiger partial charge in [0, 0.05) is 43.0 Å². The molecule has 3 N–H and O–H groups in total. The Kier molecular flexibility index (Phi) is 12.7. The molecule has 4 aliphatic rings. The minimum Gasteiger partial charge on any atom is -0.453 e. The van der Waals surface area contributed by atoms with Gasteiger partial charge in [-0.05, 0) is 90.2 Å². The maximum absolute atomic E-state index is 16.6. The van der Waals surface area contributed by atoms with E-state index >= 15 is 8.78 Å². The van der Waals surface area contributed by atoms with E-state index < -0.39 is 18.1 Å². The Hall–Kier alpha value is -6.54. The number of likely N-dealkylation sites (N-methyl/N-ethyl adjacent to an activating group) is 2. The van der Waals surface area contributed by atoms with Gasteiger partial charge in [0.25, 0.3) is 5.92 Å². The summed E-state index contributed by atoms with van der Waals surface area (Å²) in [6.07, 6.45) is 6.21. The van der Waals surface area contributed by atoms with E-state index in [0.717, 1.165) is 54.7 Å². The predicted octanol–water partition coefficient (Wildman–Crippen LogP) is 9.14. The van der Waals surface area contributed by atoms with Gasteiger partial charge in [0.2, 0.25) is 11.8 Å². The number of halogens is 2. The lowest BCUT2D eigenvalue weighted by Gasteiger charge is -2.38. The number of carbonyl (C=O) groups is 3. The van der Waals surface area contributed by atoms with Crippen LogP contribution >= 0.6 is 0 Å². The van der Waals surface area contributed by atoms with Crippen molar-refractivity contribution in [3.8, 4) is 33.5 Å². The normalized spacial score (nSPS) is 20.4. The van der Waals surface area contributed by atoms with E-state index in [4.69, 9.17) is 4.74 Å². The van der Waals surface area contributed by atoms with Gasteiger partial charge in [0.15, 0.2) is 0 Å². The third-order valence-electron chi connectivity index (χ3n) is 14.2. The molecule has 0 saturated carbocycles. The molecule has 4 heterocycles. The first-order valence-corrected chi connectivity index (χ1v) is 23.6. The van der Waals surface area contributed by atoms with Gasteiger partial charge in [-0.2, -0.15) is 8.78 Å². The lowest BCUT2D eigenvalue weighted by atomic mass is 9.97. The summed E-state index contributed by atoms with van der Waals surface area (Å²) in [5, 5.41) is 6.39. The largest absolute Gasteiger partial charge is 0.453 e. The SMILES string of the molecule is CCN(CC)C(C(=O)N1CCC[C@H]1C1NC(c2ccc(-c3ccc4c(c3)C(F)(F)c3cc(-c5cnc([C@@H]6CCCN6C(=O)C(NC(=O)OC)C(C)C)[nH]5)ccc3-4)cc2)=CN1C)c1ccccc1. The van der Waals surface area contributed by atoms with Gasteiger partial charge in [0.05, 0.1) is 36.8 Å². The summed E-state index contributed by atoms with van der Waals surface area (Å²) >= 11 is 0. The molecule has 2 fully saturated rings. The minimum absolute atomic E-state index is 0.0143. The van der Waals surface area contributed by atoms with Crippen molar-refractivity contribution >= 4 is 23.6 Å². The zero-order valence-corrected chi connectivity index (χ0v) is 39.1. The van der Waals surface area contributed by atoms with Crippen LogP contribution in [0.3, 0.4) is 0 Å². The van der Waals surface area contributed by atoms with Crippen LogP contribution in [-0.2, 0) is 20.2 Å². The number of alkyl halides is 2. The number of aromatic amines is 1. The number of methoxy groups -OCH3 is 1. The first kappa shape index (κ1) is 45.6. The number of fused-ring (bicyclic) bond motifs is 3. The number of ether oxygens (including phenoxy) is 1. The second kappa shape index (κ2) is 18.6. The molecule has 0 radical (unpaired) electrons. The molecule has 0 spiro atoms. The Morgan fingerprint density at radius 3 is 2.13 bits per heavy atom. The van der Waals surface area contributed by atoms with Gasteiger partial charge >= 0.3 is 6.09 Å². The number of likely N-dealkylation sites (tertiary alicyclic amines) is 2. The number of hydrogen-bond acceptors (Lipinski definition) is 8. The number of nitrogens with zero attached hydrogens (tertiary/aromatic N) is 5. The number of imidazole rings is 1. The van der Waals surface area contributed by atoms with Crippen LogP contribution in [0, 0.1) is 5.92 Å². The smallest absolute Gasteiger partial charge is 0.407 e. The number of carbonyl (C=O) groups excluding carboxylic acids is 3. The molecule has 5 aromatic rings. The molecule has 0 bridgehead atoms. The van der Waals surface area contributed by atoms with Gasteiger partial charge in [-0.3, -0.25) is 14.5 Å². The molecule has 350 valence electrons. The maximum Gasteiger partial charge on any atom is 0.407 e. The molecule has 4 aromatic carbocycles. The molecule has 1 aromatic heterocycles. The number of rotatable bonds is 13. The molecular formula is C53H60F2N8O4. The van der Waals surface area contributed by atoms with Crippen molar-refractivity contribution in [2.75, 3.05) is 40.3 Å². The Bertz CT molecular complexity index is 2660. The maximum atomic E-state index is 16.6. The highest BCUT2D eigenvalue weighted by atomic mass is 19.3. The third kappa shape index (κ3) is 8.45. The van der Waals surface area contributed by atoms with Crippen molar-refractivity contribution in [1.82, 2.24) is 40.2 Å². The Labute approximate surface area is 391 Å². The second-order valence-electron chi connectivity index (χ2n) is 18.5. The van der Waals surface area contributed by atoms with Gasteiger partial charge in [0.1, 0.15) is 24.1 Å². The molecule has 1 aliphatic carbocycles. The number of hydrogen-bond donors (Lipinski definition) is 3. The van der Waals surface area contributed by atoms with Crippen LogP contribution in [0.25, 0.3) is 39.2 Å². The van der Waals surface area contributed by atoms with Gasteiger partial charge < -0.3 is 35.1 Å². The lowest BCUT2D eigenvalue weighted by molar-refractivity contribution is -0.139. The number of amides is 3. The fraction of sp³-hybridized carbons (Fsp3) is 0.396. The van der Waals surface area contributed by atoms with E-state index in [2.05, 4.69) is 55.3 Å². The Morgan fingerprint density at radius 2 is 1.46 bits per heavy atom. The van der Waals surface area contributed by atoms with Crippen LogP contribution in [0.2, 0.25) is 0 Å². The van der Waals surface area contributed by atoms with Crippen LogP contribution in [0.4, 0.5) is 13.6 Å². The van der Waals surface area contributed by atoms with Crippen LogP contribution < -0.4 is 10.6 Å². The third-order valence-corrected chi connectivity index (χ3v) is 14.2. The van der Waals surface area contributed by atoms with Gasteiger partial charge in [-0.1, -0.05) is 107 Å². The Morgan fingerprint density at radius 1 is 0.836 bits per heavy atom. The van der Waals surface area contributed by atoms with Crippen LogP contribution in [0.5, 0.6) is 0 Å². The highest BCUT2D eigenvalue weighted by Gasteiger charge is 2.46. The van der Waals surface area contributed by atoms with Crippen molar-refractivity contribution in [2.24, 2.45) is 5.92 Å². The van der Waals surface area contributed by atoms with E-state index in [1.54, 1.807) is 29.3 Å². The van der Waals surface area contributed by atoms with Gasteiger partial charge in [-0.15, -0.1) is 0 Å². The number of aromatic nitrogens is 2. The summed E-state index contributed by atoms with van der Waals surface area (Å²) in [4.78, 5) is 56.3. The summed E-state index contributed by atoms with van der Waals surface area (Å²) < 4.78 is 37.9. The summed E-state index contributed by atoms with van der Waals surface area (Å²) in [5.74, 6) is -2.94. The molecule has 3 unspecified atom stereocenters. The molecule has 14 heteroatoms. The van der Waals surface area contributed by atoms with Gasteiger partial charge in [-0.25, -0.2) is 9.78 Å². The van der Waals surface area contributed by atoms with Crippen molar-refractivity contribution in [2.45, 2.75) is 89.6 Å². The van der Waals surface area contributed by atoms with Crippen LogP contribution in [0.15, 0.2) is 103 Å². The number of H-pyrrole nitrogens is 1. The van der Waals surface area contributed by atoms with Crippen molar-refractivity contribution in [3.05, 3.63) is 131 Å². The summed E-state index contributed by atoms with van der Waals surface area (Å²) in [6.45, 7) is 10.7. The average molecular weight is 911 g/mol. The van der Waals surface area contributed by atoms with Crippen molar-refractivity contribution in [1.29, 1.82) is 0 Å². The summed E-state index contributed by atoms with van der Waals surface area (Å²) in [6, 6.07) is 27.0. The molecule has 12 nitrogen and oxygen atoms in total. The summed E-state index contributed by atoms with van der Waals surface area (Å²) in [5.41, 5.74) is 6.45. The van der Waals surface area contributed by atoms with E-state index in [-0.39, 0.29) is 53.2 Å². The minimum atomic E-state index is -3.24. The van der Waals surface area contributed by atoms with Crippen LogP contribution in [-0.4, -0.2) is 106 Å². The zero-order valence-electron chi connectivity index (χ0n) is 39.1. The molecule has 67 heavy (non-hydrogen) atoms. The van der Waals surface area contributed by atoms with Crippen molar-refractivity contribution in [3.63, 3.8) is 0 Å². The van der Waals surface area contributed by atoms with E-state index in [1.165, 1.54) is 13.2 Å². The lowest BCUT2D eigenvalue weighted by Crippen LogP contribution is -2.54. The monoisotopic (exact) mass is 910 g/mol. The number of benzene rings is 4. The van der Waals surface area contributed by atoms with Crippen molar-refractivity contribution < 1.29 is 27.9 Å². The number of nitrogens with one attached hydrogen (secondary N) is 3. The fourth-order valence-electron chi connectivity index (χ4n) is 10.7. The Balaban J connectivity index is 0.887. The molecule has 3 aliphatic heterocycles. The molecular weight excluding hydrogens is 851 g/mol. The molecule has 9 rings (SSSR count). The molecule has 3 amide bonds. The first-order valence-electron chi connectivity index (χ1n) is 23.6. The highest BCUT2D eigenvalue weighted by Crippen LogP contribution is 2.53. The van der Waals surface area contributed by atoms with E-state index in [9.17, 15) is 14.4 Å². The topological polar surface area (TPSA) is 126 Å². The number of alkyl carbamates (subject to hydrolysis) is 1. The second-order valence-corrected chi connectivity index (χ2v) is 18.5. The molecule has 5 atom stereocenters. The average Bonchev–Trinajstić information content (AvgIpc) is 4.21. The summed E-state index contributed by atoms with van der Waals surface area (Å²) in [7, 11) is 3.30. The van der Waals surface area contributed by atoms with Crippen LogP contribution in [0.1, 0.15) is 93.5 Å². The van der Waals surface area contributed by atoms with E-state index in [0.29, 0.717) is 53.3 Å². The highest BCUT2D eigenvalue weighted by molar-refractivity contribution is 5.87. The zero-order chi connectivity index (χ0) is 47.1. The quantitative estimate of drug-likeness (QED) is 0.107.